The Kier molecular flexibility index (Phi) is 5.08. The van der Waals surface area contributed by atoms with E-state index >= 15 is 0 Å². The number of hydrogen-bond acceptors (Lipinski definition) is 3. The van der Waals surface area contributed by atoms with Gasteiger partial charge in [-0.25, -0.2) is 4.79 Å². The minimum absolute atomic E-state index is 0.290. The summed E-state index contributed by atoms with van der Waals surface area (Å²) in [4.78, 5) is 16.6. The average molecular weight is 303 g/mol. The van der Waals surface area contributed by atoms with Gasteiger partial charge in [0.15, 0.2) is 0 Å². The van der Waals surface area contributed by atoms with Crippen LogP contribution >= 0.6 is 0 Å². The molecule has 0 saturated heterocycles. The molecule has 1 amide bonds. The van der Waals surface area contributed by atoms with E-state index in [1.807, 2.05) is 27.0 Å². The van der Waals surface area contributed by atoms with E-state index in [-0.39, 0.29) is 6.09 Å². The lowest BCUT2D eigenvalue weighted by molar-refractivity contribution is 0.0300. The van der Waals surface area contributed by atoms with E-state index in [2.05, 4.69) is 34.6 Å². The van der Waals surface area contributed by atoms with Gasteiger partial charge in [-0.1, -0.05) is 12.1 Å². The highest BCUT2D eigenvalue weighted by atomic mass is 16.6. The molecule has 0 aliphatic heterocycles. The topological polar surface area (TPSA) is 57.4 Å². The number of likely N-dealkylation sites (N-methyl/N-ethyl adjacent to an activating group) is 1. The quantitative estimate of drug-likeness (QED) is 0.834. The van der Waals surface area contributed by atoms with Gasteiger partial charge in [0.1, 0.15) is 5.60 Å². The maximum absolute atomic E-state index is 11.8. The molecule has 0 aliphatic rings. The zero-order chi connectivity index (χ0) is 16.2. The van der Waals surface area contributed by atoms with Gasteiger partial charge in [0.05, 0.1) is 0 Å². The Bertz CT molecular complexity index is 628. The predicted octanol–water partition coefficient (Wildman–Crippen LogP) is 3.12. The zero-order valence-corrected chi connectivity index (χ0v) is 13.8. The molecule has 0 fully saturated rings. The van der Waals surface area contributed by atoms with E-state index in [1.54, 1.807) is 11.9 Å². The number of ether oxygens (including phenoxy) is 1. The first-order valence-electron chi connectivity index (χ1n) is 7.56. The van der Waals surface area contributed by atoms with Crippen molar-refractivity contribution in [3.63, 3.8) is 0 Å². The Morgan fingerprint density at radius 1 is 1.32 bits per heavy atom. The van der Waals surface area contributed by atoms with Crippen LogP contribution in [0, 0.1) is 0 Å². The molecule has 2 rings (SSSR count). The second-order valence-electron chi connectivity index (χ2n) is 6.48. The van der Waals surface area contributed by atoms with Crippen LogP contribution in [0.4, 0.5) is 4.79 Å². The fourth-order valence-corrected chi connectivity index (χ4v) is 2.12. The second kappa shape index (κ2) is 6.83. The van der Waals surface area contributed by atoms with Gasteiger partial charge in [0.25, 0.3) is 0 Å². The number of H-pyrrole nitrogens is 1. The van der Waals surface area contributed by atoms with Crippen molar-refractivity contribution in [1.82, 2.24) is 15.2 Å². The molecule has 0 radical (unpaired) electrons. The first-order chi connectivity index (χ1) is 10.3. The van der Waals surface area contributed by atoms with Gasteiger partial charge in [-0.05, 0) is 43.9 Å². The lowest BCUT2D eigenvalue weighted by Crippen LogP contribution is -2.37. The number of aromatic amines is 1. The molecular weight excluding hydrogens is 278 g/mol. The van der Waals surface area contributed by atoms with Gasteiger partial charge in [-0.3, -0.25) is 0 Å². The van der Waals surface area contributed by atoms with E-state index in [1.165, 1.54) is 10.9 Å². The smallest absolute Gasteiger partial charge is 0.410 e. The van der Waals surface area contributed by atoms with Crippen LogP contribution in [0.2, 0.25) is 0 Å². The molecule has 0 spiro atoms. The number of aromatic nitrogens is 1. The molecule has 2 aromatic rings. The molecule has 0 atom stereocenters. The van der Waals surface area contributed by atoms with Crippen molar-refractivity contribution in [3.05, 3.63) is 36.0 Å². The Morgan fingerprint density at radius 2 is 2.09 bits per heavy atom. The van der Waals surface area contributed by atoms with E-state index in [4.69, 9.17) is 4.74 Å². The third kappa shape index (κ3) is 4.77. The highest BCUT2D eigenvalue weighted by Crippen LogP contribution is 2.14. The molecule has 1 aromatic carbocycles. The molecule has 1 aromatic heterocycles. The summed E-state index contributed by atoms with van der Waals surface area (Å²) < 4.78 is 5.31. The maximum atomic E-state index is 11.8. The van der Waals surface area contributed by atoms with Crippen molar-refractivity contribution in [2.24, 2.45) is 0 Å². The summed E-state index contributed by atoms with van der Waals surface area (Å²) in [6, 6.07) is 8.42. The monoisotopic (exact) mass is 303 g/mol. The Balaban J connectivity index is 1.73. The van der Waals surface area contributed by atoms with E-state index in [0.29, 0.717) is 6.54 Å². The zero-order valence-electron chi connectivity index (χ0n) is 13.8. The van der Waals surface area contributed by atoms with Crippen LogP contribution < -0.4 is 5.32 Å². The van der Waals surface area contributed by atoms with Gasteiger partial charge in [-0.15, -0.1) is 0 Å². The number of benzene rings is 1. The summed E-state index contributed by atoms with van der Waals surface area (Å²) in [5.41, 5.74) is 1.91. The summed E-state index contributed by atoms with van der Waals surface area (Å²) >= 11 is 0. The lowest BCUT2D eigenvalue weighted by Gasteiger charge is -2.24. The van der Waals surface area contributed by atoms with Gasteiger partial charge in [-0.2, -0.15) is 0 Å². The molecule has 0 bridgehead atoms. The van der Waals surface area contributed by atoms with E-state index in [9.17, 15) is 4.79 Å². The van der Waals surface area contributed by atoms with Crippen LogP contribution in [-0.4, -0.2) is 41.7 Å². The standard InChI is InChI=1S/C17H25N3O2/c1-17(2,3)22-16(21)20(4)10-9-18-12-13-5-6-14-7-8-19-15(14)11-13/h5-8,11,18-19H,9-10,12H2,1-4H3. The number of carbonyl (C=O) groups is 1. The van der Waals surface area contributed by atoms with Crippen LogP contribution in [0.3, 0.4) is 0 Å². The third-order valence-electron chi connectivity index (χ3n) is 3.28. The third-order valence-corrected chi connectivity index (χ3v) is 3.28. The van der Waals surface area contributed by atoms with Gasteiger partial charge in [0, 0.05) is 38.4 Å². The minimum Gasteiger partial charge on any atom is -0.444 e. The number of rotatable bonds is 5. The molecule has 2 N–H and O–H groups in total. The highest BCUT2D eigenvalue weighted by molar-refractivity contribution is 5.79. The highest BCUT2D eigenvalue weighted by Gasteiger charge is 2.18. The van der Waals surface area contributed by atoms with Gasteiger partial charge in [0.2, 0.25) is 0 Å². The fraction of sp³-hybridized carbons (Fsp3) is 0.471. The number of hydrogen-bond donors (Lipinski definition) is 2. The number of carbonyl (C=O) groups excluding carboxylic acids is 1. The molecule has 0 unspecified atom stereocenters. The first-order valence-corrected chi connectivity index (χ1v) is 7.56. The molecular formula is C17H25N3O2. The van der Waals surface area contributed by atoms with Crippen molar-refractivity contribution in [2.75, 3.05) is 20.1 Å². The minimum atomic E-state index is -0.454. The van der Waals surface area contributed by atoms with Crippen molar-refractivity contribution >= 4 is 17.0 Å². The lowest BCUT2D eigenvalue weighted by atomic mass is 10.1. The van der Waals surface area contributed by atoms with E-state index in [0.717, 1.165) is 18.6 Å². The SMILES string of the molecule is CN(CCNCc1ccc2cc[nH]c2c1)C(=O)OC(C)(C)C. The normalized spacial score (nSPS) is 11.6. The van der Waals surface area contributed by atoms with Crippen molar-refractivity contribution < 1.29 is 9.53 Å². The molecule has 0 saturated carbocycles. The summed E-state index contributed by atoms with van der Waals surface area (Å²) in [5.74, 6) is 0. The largest absolute Gasteiger partial charge is 0.444 e. The first kappa shape index (κ1) is 16.4. The number of nitrogens with zero attached hydrogens (tertiary/aromatic N) is 1. The van der Waals surface area contributed by atoms with Crippen LogP contribution in [0.5, 0.6) is 0 Å². The summed E-state index contributed by atoms with van der Waals surface area (Å²) in [7, 11) is 1.75. The molecule has 22 heavy (non-hydrogen) atoms. The molecule has 5 heteroatoms. The van der Waals surface area contributed by atoms with Crippen molar-refractivity contribution in [3.8, 4) is 0 Å². The average Bonchev–Trinajstić information content (AvgIpc) is 2.88. The Morgan fingerprint density at radius 3 is 2.82 bits per heavy atom. The Labute approximate surface area is 131 Å². The van der Waals surface area contributed by atoms with Gasteiger partial charge < -0.3 is 19.9 Å². The van der Waals surface area contributed by atoms with Crippen molar-refractivity contribution in [2.45, 2.75) is 32.9 Å². The van der Waals surface area contributed by atoms with E-state index < -0.39 is 5.60 Å². The summed E-state index contributed by atoms with van der Waals surface area (Å²) in [5, 5.41) is 4.56. The Hall–Kier alpha value is -2.01. The maximum Gasteiger partial charge on any atom is 0.410 e. The number of nitrogens with one attached hydrogen (secondary N) is 2. The molecule has 0 aliphatic carbocycles. The van der Waals surface area contributed by atoms with Crippen LogP contribution in [0.15, 0.2) is 30.5 Å². The van der Waals surface area contributed by atoms with Crippen LogP contribution in [-0.2, 0) is 11.3 Å². The molecule has 5 nitrogen and oxygen atoms in total. The van der Waals surface area contributed by atoms with Crippen LogP contribution in [0.25, 0.3) is 10.9 Å². The molecule has 1 heterocycles. The fourth-order valence-electron chi connectivity index (χ4n) is 2.12. The summed E-state index contributed by atoms with van der Waals surface area (Å²) in [6.07, 6.45) is 1.65. The number of fused-ring (bicyclic) bond motifs is 1. The van der Waals surface area contributed by atoms with Crippen LogP contribution in [0.1, 0.15) is 26.3 Å². The predicted molar refractivity (Wildman–Crippen MR) is 88.9 cm³/mol. The molecule has 120 valence electrons. The van der Waals surface area contributed by atoms with Gasteiger partial charge >= 0.3 is 6.09 Å². The summed E-state index contributed by atoms with van der Waals surface area (Å²) in [6.45, 7) is 7.71. The number of amides is 1. The second-order valence-corrected chi connectivity index (χ2v) is 6.48. The van der Waals surface area contributed by atoms with Crippen molar-refractivity contribution in [1.29, 1.82) is 0 Å².